The lowest BCUT2D eigenvalue weighted by atomic mass is 10.00. The van der Waals surface area contributed by atoms with Crippen molar-refractivity contribution in [3.05, 3.63) is 28.5 Å². The summed E-state index contributed by atoms with van der Waals surface area (Å²) in [6.07, 6.45) is 0. The van der Waals surface area contributed by atoms with Gasteiger partial charge in [-0.05, 0) is 40.0 Å². The van der Waals surface area contributed by atoms with Crippen molar-refractivity contribution in [3.63, 3.8) is 0 Å². The van der Waals surface area contributed by atoms with Crippen molar-refractivity contribution in [2.75, 3.05) is 24.5 Å². The Labute approximate surface area is 110 Å². The van der Waals surface area contributed by atoms with Crippen molar-refractivity contribution in [1.82, 2.24) is 5.32 Å². The minimum absolute atomic E-state index is 0.191. The molecule has 4 heteroatoms. The first-order chi connectivity index (χ1) is 8.09. The molecular weight excluding hydrogens is 283 g/mol. The van der Waals surface area contributed by atoms with Crippen molar-refractivity contribution in [1.29, 1.82) is 0 Å². The SMILES string of the molecule is CC(C)C1CNCCN1c1ccc(Br)c(F)c1. The molecule has 1 aromatic rings. The van der Waals surface area contributed by atoms with Crippen LogP contribution >= 0.6 is 15.9 Å². The van der Waals surface area contributed by atoms with Crippen LogP contribution in [-0.2, 0) is 0 Å². The fourth-order valence-electron chi connectivity index (χ4n) is 2.31. The summed E-state index contributed by atoms with van der Waals surface area (Å²) >= 11 is 3.19. The molecule has 0 amide bonds. The highest BCUT2D eigenvalue weighted by molar-refractivity contribution is 9.10. The van der Waals surface area contributed by atoms with E-state index in [1.165, 1.54) is 0 Å². The molecule has 1 aliphatic rings. The Morgan fingerprint density at radius 3 is 2.88 bits per heavy atom. The molecule has 1 aliphatic heterocycles. The van der Waals surface area contributed by atoms with Gasteiger partial charge in [-0.3, -0.25) is 0 Å². The second-order valence-electron chi connectivity index (χ2n) is 4.81. The highest BCUT2D eigenvalue weighted by Crippen LogP contribution is 2.26. The summed E-state index contributed by atoms with van der Waals surface area (Å²) in [5, 5.41) is 3.40. The standard InChI is InChI=1S/C13H18BrFN2/c1-9(2)13-8-16-5-6-17(13)10-3-4-11(14)12(15)7-10/h3-4,7,9,13,16H,5-6,8H2,1-2H3. The third-order valence-corrected chi connectivity index (χ3v) is 3.93. The van der Waals surface area contributed by atoms with E-state index in [1.807, 2.05) is 6.07 Å². The van der Waals surface area contributed by atoms with E-state index in [-0.39, 0.29) is 5.82 Å². The Kier molecular flexibility index (Phi) is 4.05. The smallest absolute Gasteiger partial charge is 0.139 e. The molecule has 0 aliphatic carbocycles. The van der Waals surface area contributed by atoms with Gasteiger partial charge >= 0.3 is 0 Å². The first-order valence-electron chi connectivity index (χ1n) is 6.02. The largest absolute Gasteiger partial charge is 0.366 e. The maximum atomic E-state index is 13.6. The van der Waals surface area contributed by atoms with E-state index >= 15 is 0 Å². The highest BCUT2D eigenvalue weighted by atomic mass is 79.9. The number of nitrogens with one attached hydrogen (secondary N) is 1. The maximum Gasteiger partial charge on any atom is 0.139 e. The van der Waals surface area contributed by atoms with Crippen LogP contribution in [0, 0.1) is 11.7 Å². The lowest BCUT2D eigenvalue weighted by Crippen LogP contribution is -2.53. The molecule has 0 saturated carbocycles. The van der Waals surface area contributed by atoms with E-state index < -0.39 is 0 Å². The molecule has 1 atom stereocenters. The van der Waals surface area contributed by atoms with Gasteiger partial charge in [-0.1, -0.05) is 13.8 Å². The summed E-state index contributed by atoms with van der Waals surface area (Å²) in [5.41, 5.74) is 0.978. The predicted molar refractivity (Wildman–Crippen MR) is 72.9 cm³/mol. The number of hydrogen-bond donors (Lipinski definition) is 1. The zero-order chi connectivity index (χ0) is 12.4. The molecule has 1 heterocycles. The average molecular weight is 301 g/mol. The van der Waals surface area contributed by atoms with Crippen molar-refractivity contribution >= 4 is 21.6 Å². The maximum absolute atomic E-state index is 13.6. The molecule has 17 heavy (non-hydrogen) atoms. The molecule has 2 rings (SSSR count). The molecule has 2 nitrogen and oxygen atoms in total. The van der Waals surface area contributed by atoms with Crippen LogP contribution in [0.15, 0.2) is 22.7 Å². The summed E-state index contributed by atoms with van der Waals surface area (Å²) in [4.78, 5) is 2.30. The Bertz CT molecular complexity index is 395. The van der Waals surface area contributed by atoms with Crippen molar-refractivity contribution < 1.29 is 4.39 Å². The molecule has 0 spiro atoms. The van der Waals surface area contributed by atoms with Gasteiger partial charge < -0.3 is 10.2 Å². The minimum Gasteiger partial charge on any atom is -0.366 e. The van der Waals surface area contributed by atoms with Gasteiger partial charge in [0.05, 0.1) is 4.47 Å². The molecule has 0 bridgehead atoms. The van der Waals surface area contributed by atoms with Crippen molar-refractivity contribution in [2.45, 2.75) is 19.9 Å². The molecule has 1 aromatic carbocycles. The number of nitrogens with zero attached hydrogens (tertiary/aromatic N) is 1. The molecule has 94 valence electrons. The zero-order valence-electron chi connectivity index (χ0n) is 10.2. The zero-order valence-corrected chi connectivity index (χ0v) is 11.8. The fourth-order valence-corrected chi connectivity index (χ4v) is 2.55. The lowest BCUT2D eigenvalue weighted by Gasteiger charge is -2.40. The molecule has 1 N–H and O–H groups in total. The highest BCUT2D eigenvalue weighted by Gasteiger charge is 2.25. The number of anilines is 1. The third-order valence-electron chi connectivity index (χ3n) is 3.29. The van der Waals surface area contributed by atoms with Gasteiger partial charge in [0.2, 0.25) is 0 Å². The van der Waals surface area contributed by atoms with Crippen LogP contribution in [-0.4, -0.2) is 25.7 Å². The van der Waals surface area contributed by atoms with E-state index in [1.54, 1.807) is 12.1 Å². The average Bonchev–Trinajstić information content (AvgIpc) is 2.32. The molecule has 1 fully saturated rings. The van der Waals surface area contributed by atoms with Crippen LogP contribution in [0.1, 0.15) is 13.8 Å². The van der Waals surface area contributed by atoms with Crippen LogP contribution < -0.4 is 10.2 Å². The van der Waals surface area contributed by atoms with Crippen LogP contribution in [0.3, 0.4) is 0 Å². The second kappa shape index (κ2) is 5.36. The van der Waals surface area contributed by atoms with Gasteiger partial charge in [0.1, 0.15) is 5.82 Å². The van der Waals surface area contributed by atoms with Gasteiger partial charge in [-0.25, -0.2) is 4.39 Å². The number of piperazine rings is 1. The Balaban J connectivity index is 2.26. The van der Waals surface area contributed by atoms with E-state index in [0.29, 0.717) is 16.4 Å². The van der Waals surface area contributed by atoms with Gasteiger partial charge in [0, 0.05) is 31.4 Å². The van der Waals surface area contributed by atoms with Crippen LogP contribution in [0.5, 0.6) is 0 Å². The number of rotatable bonds is 2. The minimum atomic E-state index is -0.191. The Hall–Kier alpha value is -0.610. The number of benzene rings is 1. The van der Waals surface area contributed by atoms with Crippen molar-refractivity contribution in [3.8, 4) is 0 Å². The van der Waals surface area contributed by atoms with E-state index in [0.717, 1.165) is 25.3 Å². The molecule has 0 radical (unpaired) electrons. The molecular formula is C13H18BrFN2. The quantitative estimate of drug-likeness (QED) is 0.903. The van der Waals surface area contributed by atoms with Crippen LogP contribution in [0.4, 0.5) is 10.1 Å². The Morgan fingerprint density at radius 1 is 1.47 bits per heavy atom. The summed E-state index contributed by atoms with van der Waals surface area (Å²) in [6, 6.07) is 5.81. The first-order valence-corrected chi connectivity index (χ1v) is 6.81. The van der Waals surface area contributed by atoms with Gasteiger partial charge in [0.15, 0.2) is 0 Å². The number of hydrogen-bond acceptors (Lipinski definition) is 2. The van der Waals surface area contributed by atoms with E-state index in [2.05, 4.69) is 40.0 Å². The third kappa shape index (κ3) is 2.80. The predicted octanol–water partition coefficient (Wildman–Crippen LogP) is 3.02. The summed E-state index contributed by atoms with van der Waals surface area (Å²) < 4.78 is 14.1. The van der Waals surface area contributed by atoms with Gasteiger partial charge in [0.25, 0.3) is 0 Å². The monoisotopic (exact) mass is 300 g/mol. The summed E-state index contributed by atoms with van der Waals surface area (Å²) in [6.45, 7) is 7.28. The lowest BCUT2D eigenvalue weighted by molar-refractivity contribution is 0.390. The second-order valence-corrected chi connectivity index (χ2v) is 5.66. The normalized spacial score (nSPS) is 21.0. The van der Waals surface area contributed by atoms with Crippen molar-refractivity contribution in [2.24, 2.45) is 5.92 Å². The molecule has 0 aromatic heterocycles. The van der Waals surface area contributed by atoms with E-state index in [4.69, 9.17) is 0 Å². The van der Waals surface area contributed by atoms with Crippen LogP contribution in [0.25, 0.3) is 0 Å². The van der Waals surface area contributed by atoms with Gasteiger partial charge in [-0.2, -0.15) is 0 Å². The van der Waals surface area contributed by atoms with E-state index in [9.17, 15) is 4.39 Å². The van der Waals surface area contributed by atoms with Crippen LogP contribution in [0.2, 0.25) is 0 Å². The summed E-state index contributed by atoms with van der Waals surface area (Å²) in [7, 11) is 0. The number of halogens is 2. The summed E-state index contributed by atoms with van der Waals surface area (Å²) in [5.74, 6) is 0.359. The molecule has 1 saturated heterocycles. The van der Waals surface area contributed by atoms with Gasteiger partial charge in [-0.15, -0.1) is 0 Å². The molecule has 1 unspecified atom stereocenters. The topological polar surface area (TPSA) is 15.3 Å². The first kappa shape index (κ1) is 12.8. The fraction of sp³-hybridized carbons (Fsp3) is 0.538. The Morgan fingerprint density at radius 2 is 2.24 bits per heavy atom.